The summed E-state index contributed by atoms with van der Waals surface area (Å²) in [6.45, 7) is 4.66. The Kier molecular flexibility index (Phi) is 4.80. The van der Waals surface area contributed by atoms with Crippen LogP contribution in [0.2, 0.25) is 0 Å². The van der Waals surface area contributed by atoms with Crippen LogP contribution in [0.1, 0.15) is 13.8 Å². The van der Waals surface area contributed by atoms with E-state index in [1.807, 2.05) is 6.92 Å². The molecule has 0 aromatic heterocycles. The van der Waals surface area contributed by atoms with Crippen molar-refractivity contribution in [3.05, 3.63) is 0 Å². The lowest BCUT2D eigenvalue weighted by Crippen LogP contribution is -2.35. The topological polar surface area (TPSA) is 20.3 Å². The second-order valence-corrected chi connectivity index (χ2v) is 3.01. The van der Waals surface area contributed by atoms with E-state index < -0.39 is 0 Å². The molecule has 0 aliphatic heterocycles. The van der Waals surface area contributed by atoms with Gasteiger partial charge in [0.15, 0.2) is 0 Å². The van der Waals surface area contributed by atoms with Crippen LogP contribution < -0.4 is 0 Å². The van der Waals surface area contributed by atoms with Gasteiger partial charge in [-0.1, -0.05) is 5.92 Å². The molecule has 0 bridgehead atoms. The fraction of sp³-hybridized carbons (Fsp3) is 0.625. The fourth-order valence-corrected chi connectivity index (χ4v) is 0.883. The van der Waals surface area contributed by atoms with E-state index in [0.29, 0.717) is 13.1 Å². The van der Waals surface area contributed by atoms with Gasteiger partial charge in [-0.25, -0.2) is 0 Å². The highest BCUT2D eigenvalue weighted by Crippen LogP contribution is 1.99. The minimum absolute atomic E-state index is 0.00576. The van der Waals surface area contributed by atoms with Gasteiger partial charge in [-0.3, -0.25) is 4.79 Å². The number of thiol groups is 1. The minimum Gasteiger partial charge on any atom is -0.331 e. The maximum atomic E-state index is 11.2. The molecule has 0 spiro atoms. The van der Waals surface area contributed by atoms with Crippen LogP contribution in [0.3, 0.4) is 0 Å². The van der Waals surface area contributed by atoms with Crippen molar-refractivity contribution in [1.82, 2.24) is 4.90 Å². The molecule has 1 amide bonds. The fourth-order valence-electron chi connectivity index (χ4n) is 0.720. The summed E-state index contributed by atoms with van der Waals surface area (Å²) in [5.74, 6) is 2.42. The lowest BCUT2D eigenvalue weighted by Gasteiger charge is -2.19. The second kappa shape index (κ2) is 5.09. The van der Waals surface area contributed by atoms with Gasteiger partial charge in [-0.05, 0) is 13.8 Å². The van der Waals surface area contributed by atoms with Crippen molar-refractivity contribution in [3.8, 4) is 12.3 Å². The summed E-state index contributed by atoms with van der Waals surface area (Å²) in [7, 11) is 0. The van der Waals surface area contributed by atoms with Crippen LogP contribution in [0.15, 0.2) is 0 Å². The number of amides is 1. The Balaban J connectivity index is 4.05. The molecule has 0 aliphatic carbocycles. The largest absolute Gasteiger partial charge is 0.331 e. The van der Waals surface area contributed by atoms with E-state index in [-0.39, 0.29) is 11.2 Å². The Morgan fingerprint density at radius 3 is 2.64 bits per heavy atom. The van der Waals surface area contributed by atoms with Crippen LogP contribution in [0.4, 0.5) is 0 Å². The van der Waals surface area contributed by atoms with Crippen LogP contribution >= 0.6 is 12.6 Å². The van der Waals surface area contributed by atoms with Crippen LogP contribution in [0.5, 0.6) is 0 Å². The average Bonchev–Trinajstić information content (AvgIpc) is 1.98. The molecule has 0 aliphatic rings. The van der Waals surface area contributed by atoms with E-state index >= 15 is 0 Å². The average molecular weight is 171 g/mol. The number of rotatable bonds is 3. The molecule has 0 aromatic rings. The minimum atomic E-state index is -0.261. The Hall–Kier alpha value is -0.620. The first-order chi connectivity index (χ1) is 5.13. The predicted octanol–water partition coefficient (Wildman–Crippen LogP) is 0.786. The molecule has 3 heteroatoms. The van der Waals surface area contributed by atoms with Crippen molar-refractivity contribution < 1.29 is 4.79 Å². The number of carbonyl (C=O) groups excluding carboxylic acids is 1. The van der Waals surface area contributed by atoms with Crippen molar-refractivity contribution in [1.29, 1.82) is 0 Å². The molecular formula is C8H13NOS. The molecule has 0 saturated heterocycles. The van der Waals surface area contributed by atoms with Crippen molar-refractivity contribution >= 4 is 18.5 Å². The van der Waals surface area contributed by atoms with Crippen molar-refractivity contribution in [2.24, 2.45) is 0 Å². The van der Waals surface area contributed by atoms with Gasteiger partial charge in [0.25, 0.3) is 0 Å². The molecule has 0 aromatic carbocycles. The Labute approximate surface area is 73.4 Å². The van der Waals surface area contributed by atoms with Crippen molar-refractivity contribution in [2.75, 3.05) is 13.1 Å². The molecule has 1 unspecified atom stereocenters. The lowest BCUT2D eigenvalue weighted by atomic mass is 10.3. The molecule has 0 saturated carbocycles. The van der Waals surface area contributed by atoms with Crippen molar-refractivity contribution in [2.45, 2.75) is 19.1 Å². The van der Waals surface area contributed by atoms with Gasteiger partial charge in [0.2, 0.25) is 5.91 Å². The van der Waals surface area contributed by atoms with E-state index in [2.05, 4.69) is 18.5 Å². The summed E-state index contributed by atoms with van der Waals surface area (Å²) in [6.07, 6.45) is 5.07. The Morgan fingerprint density at radius 2 is 2.36 bits per heavy atom. The zero-order chi connectivity index (χ0) is 8.85. The van der Waals surface area contributed by atoms with Crippen LogP contribution in [-0.2, 0) is 4.79 Å². The number of terminal acetylenes is 1. The zero-order valence-corrected chi connectivity index (χ0v) is 7.77. The predicted molar refractivity (Wildman–Crippen MR) is 49.5 cm³/mol. The van der Waals surface area contributed by atoms with E-state index in [9.17, 15) is 4.79 Å². The van der Waals surface area contributed by atoms with Gasteiger partial charge in [0, 0.05) is 6.54 Å². The Morgan fingerprint density at radius 1 is 1.82 bits per heavy atom. The second-order valence-electron chi connectivity index (χ2n) is 2.23. The molecule has 62 valence electrons. The highest BCUT2D eigenvalue weighted by atomic mass is 32.1. The van der Waals surface area contributed by atoms with E-state index in [4.69, 9.17) is 6.42 Å². The van der Waals surface area contributed by atoms with Crippen LogP contribution in [0, 0.1) is 12.3 Å². The summed E-state index contributed by atoms with van der Waals surface area (Å²) in [4.78, 5) is 12.8. The van der Waals surface area contributed by atoms with Gasteiger partial charge in [-0.2, -0.15) is 12.6 Å². The van der Waals surface area contributed by atoms with Gasteiger partial charge in [0.05, 0.1) is 11.8 Å². The standard InChI is InChI=1S/C8H13NOS/c1-4-6-9(5-2)8(10)7(3)11/h1,7,11H,5-6H2,2-3H3. The number of carbonyl (C=O) groups is 1. The molecule has 0 heterocycles. The first kappa shape index (κ1) is 10.4. The zero-order valence-electron chi connectivity index (χ0n) is 6.87. The summed E-state index contributed by atoms with van der Waals surface area (Å²) in [5, 5.41) is -0.261. The summed E-state index contributed by atoms with van der Waals surface area (Å²) in [6, 6.07) is 0. The van der Waals surface area contributed by atoms with Crippen molar-refractivity contribution in [3.63, 3.8) is 0 Å². The summed E-state index contributed by atoms with van der Waals surface area (Å²) >= 11 is 4.02. The molecule has 1 atom stereocenters. The van der Waals surface area contributed by atoms with E-state index in [1.165, 1.54) is 0 Å². The normalized spacial score (nSPS) is 11.8. The molecule has 11 heavy (non-hydrogen) atoms. The summed E-state index contributed by atoms with van der Waals surface area (Å²) < 4.78 is 0. The number of hydrogen-bond donors (Lipinski definition) is 1. The molecule has 0 rings (SSSR count). The number of nitrogens with zero attached hydrogens (tertiary/aromatic N) is 1. The van der Waals surface area contributed by atoms with Gasteiger partial charge in [-0.15, -0.1) is 6.42 Å². The van der Waals surface area contributed by atoms with Gasteiger partial charge in [0.1, 0.15) is 0 Å². The maximum Gasteiger partial charge on any atom is 0.235 e. The highest BCUT2D eigenvalue weighted by Gasteiger charge is 2.14. The SMILES string of the molecule is C#CCN(CC)C(=O)C(C)S. The molecule has 0 radical (unpaired) electrons. The van der Waals surface area contributed by atoms with E-state index in [0.717, 1.165) is 0 Å². The van der Waals surface area contributed by atoms with Gasteiger partial charge >= 0.3 is 0 Å². The molecule has 2 nitrogen and oxygen atoms in total. The third kappa shape index (κ3) is 3.33. The Bertz CT molecular complexity index is 171. The lowest BCUT2D eigenvalue weighted by molar-refractivity contribution is -0.129. The first-order valence-corrected chi connectivity index (χ1v) is 4.05. The maximum absolute atomic E-state index is 11.2. The van der Waals surface area contributed by atoms with Gasteiger partial charge < -0.3 is 4.90 Å². The first-order valence-electron chi connectivity index (χ1n) is 3.53. The molecular weight excluding hydrogens is 158 g/mol. The van der Waals surface area contributed by atoms with E-state index in [1.54, 1.807) is 11.8 Å². The molecule has 0 N–H and O–H groups in total. The highest BCUT2D eigenvalue weighted by molar-refractivity contribution is 7.81. The third-order valence-corrected chi connectivity index (χ3v) is 1.55. The third-order valence-electron chi connectivity index (χ3n) is 1.33. The van der Waals surface area contributed by atoms with Crippen LogP contribution in [0.25, 0.3) is 0 Å². The smallest absolute Gasteiger partial charge is 0.235 e. The quantitative estimate of drug-likeness (QED) is 0.491. The van der Waals surface area contributed by atoms with Crippen LogP contribution in [-0.4, -0.2) is 29.1 Å². The monoisotopic (exact) mass is 171 g/mol. The molecule has 0 fully saturated rings. The summed E-state index contributed by atoms with van der Waals surface area (Å²) in [5.41, 5.74) is 0. The number of hydrogen-bond acceptors (Lipinski definition) is 2.